The number of rotatable bonds is 3. The molecule has 3 nitrogen and oxygen atoms in total. The van der Waals surface area contributed by atoms with Gasteiger partial charge in [0.1, 0.15) is 5.69 Å². The van der Waals surface area contributed by atoms with E-state index in [-0.39, 0.29) is 17.7 Å². The quantitative estimate of drug-likeness (QED) is 0.792. The fourth-order valence-corrected chi connectivity index (χ4v) is 2.29. The molecule has 1 aromatic heterocycles. The molecule has 82 valence electrons. The number of hydrogen-bond acceptors (Lipinski definition) is 2. The number of aromatic nitrogens is 2. The highest BCUT2D eigenvalue weighted by Gasteiger charge is 2.41. The summed E-state index contributed by atoms with van der Waals surface area (Å²) in [6, 6.07) is 0.226. The van der Waals surface area contributed by atoms with E-state index in [0.29, 0.717) is 5.92 Å². The number of carbonyl (C=O) groups is 1. The van der Waals surface area contributed by atoms with E-state index in [9.17, 15) is 4.79 Å². The van der Waals surface area contributed by atoms with Gasteiger partial charge >= 0.3 is 0 Å². The maximum Gasteiger partial charge on any atom is 0.185 e. The molecule has 0 N–H and O–H groups in total. The molecule has 0 saturated heterocycles. The average Bonchev–Trinajstić information content (AvgIpc) is 2.74. The molecule has 1 aliphatic rings. The second-order valence-electron chi connectivity index (χ2n) is 4.56. The van der Waals surface area contributed by atoms with Crippen LogP contribution in [0.3, 0.4) is 0 Å². The molecule has 2 unspecified atom stereocenters. The van der Waals surface area contributed by atoms with Crippen LogP contribution in [0.1, 0.15) is 43.7 Å². The van der Waals surface area contributed by atoms with E-state index in [4.69, 9.17) is 0 Å². The van der Waals surface area contributed by atoms with E-state index in [1.807, 2.05) is 13.8 Å². The number of Topliss-reactive ketones (excluding diaryl/α,β-unsaturated/α-hetero) is 1. The highest BCUT2D eigenvalue weighted by atomic mass is 79.9. The van der Waals surface area contributed by atoms with Gasteiger partial charge in [0, 0.05) is 12.0 Å². The summed E-state index contributed by atoms with van der Waals surface area (Å²) in [6.45, 7) is 6.19. The Bertz CT molecular complexity index is 397. The van der Waals surface area contributed by atoms with E-state index >= 15 is 0 Å². The van der Waals surface area contributed by atoms with E-state index in [0.717, 1.165) is 16.6 Å². The molecule has 0 amide bonds. The van der Waals surface area contributed by atoms with Gasteiger partial charge in [-0.1, -0.05) is 6.92 Å². The van der Waals surface area contributed by atoms with Crippen LogP contribution in [-0.2, 0) is 0 Å². The molecule has 2 rings (SSSR count). The molecule has 1 aromatic rings. The summed E-state index contributed by atoms with van der Waals surface area (Å²) in [5.41, 5.74) is 0.736. The van der Waals surface area contributed by atoms with E-state index in [1.165, 1.54) is 0 Å². The summed E-state index contributed by atoms with van der Waals surface area (Å²) in [7, 11) is 0. The lowest BCUT2D eigenvalue weighted by Crippen LogP contribution is -2.14. The first kappa shape index (κ1) is 10.9. The number of halogens is 1. The first-order valence-electron chi connectivity index (χ1n) is 5.29. The molecule has 0 bridgehead atoms. The van der Waals surface area contributed by atoms with Gasteiger partial charge in [0.25, 0.3) is 0 Å². The van der Waals surface area contributed by atoms with Crippen LogP contribution < -0.4 is 0 Å². The molecule has 1 aliphatic carbocycles. The Labute approximate surface area is 98.0 Å². The van der Waals surface area contributed by atoms with E-state index in [1.54, 1.807) is 10.9 Å². The van der Waals surface area contributed by atoms with E-state index < -0.39 is 0 Å². The van der Waals surface area contributed by atoms with Crippen LogP contribution in [0.4, 0.5) is 0 Å². The van der Waals surface area contributed by atoms with Crippen LogP contribution in [-0.4, -0.2) is 15.6 Å². The molecule has 15 heavy (non-hydrogen) atoms. The maximum atomic E-state index is 12.1. The van der Waals surface area contributed by atoms with E-state index in [2.05, 4.69) is 28.0 Å². The van der Waals surface area contributed by atoms with Crippen LogP contribution in [0.2, 0.25) is 0 Å². The Balaban J connectivity index is 2.33. The highest BCUT2D eigenvalue weighted by Crippen LogP contribution is 2.41. The Morgan fingerprint density at radius 1 is 1.67 bits per heavy atom. The minimum Gasteiger partial charge on any atom is -0.292 e. The largest absolute Gasteiger partial charge is 0.292 e. The van der Waals surface area contributed by atoms with Crippen LogP contribution in [0.5, 0.6) is 0 Å². The molecule has 4 heteroatoms. The normalized spacial score (nSPS) is 24.6. The summed E-state index contributed by atoms with van der Waals surface area (Å²) in [4.78, 5) is 12.1. The first-order valence-corrected chi connectivity index (χ1v) is 6.09. The SMILES string of the molecule is CC1CC1C(=O)c1c(Br)cnn1C(C)C. The summed E-state index contributed by atoms with van der Waals surface area (Å²) in [5, 5.41) is 4.22. The molecular weight excluding hydrogens is 256 g/mol. The predicted molar refractivity (Wildman–Crippen MR) is 61.9 cm³/mol. The van der Waals surface area contributed by atoms with Crippen molar-refractivity contribution in [2.45, 2.75) is 33.2 Å². The third kappa shape index (κ3) is 1.87. The number of ketones is 1. The minimum absolute atomic E-state index is 0.218. The zero-order valence-corrected chi connectivity index (χ0v) is 10.8. The summed E-state index contributed by atoms with van der Waals surface area (Å²) >= 11 is 3.40. The van der Waals surface area contributed by atoms with Gasteiger partial charge in [-0.2, -0.15) is 5.10 Å². The minimum atomic E-state index is 0.218. The molecule has 1 saturated carbocycles. The molecule has 0 radical (unpaired) electrons. The van der Waals surface area contributed by atoms with Crippen molar-refractivity contribution in [3.8, 4) is 0 Å². The highest BCUT2D eigenvalue weighted by molar-refractivity contribution is 9.10. The Hall–Kier alpha value is -0.640. The zero-order valence-electron chi connectivity index (χ0n) is 9.20. The van der Waals surface area contributed by atoms with Crippen molar-refractivity contribution >= 4 is 21.7 Å². The Kier molecular flexibility index (Phi) is 2.71. The Morgan fingerprint density at radius 2 is 2.27 bits per heavy atom. The van der Waals surface area contributed by atoms with Crippen LogP contribution >= 0.6 is 15.9 Å². The summed E-state index contributed by atoms with van der Waals surface area (Å²) in [5.74, 6) is 0.996. The third-order valence-electron chi connectivity index (χ3n) is 2.92. The van der Waals surface area contributed by atoms with Crippen molar-refractivity contribution in [1.29, 1.82) is 0 Å². The number of carbonyl (C=O) groups excluding carboxylic acids is 1. The number of nitrogens with zero attached hydrogens (tertiary/aromatic N) is 2. The number of hydrogen-bond donors (Lipinski definition) is 0. The Morgan fingerprint density at radius 3 is 2.73 bits per heavy atom. The predicted octanol–water partition coefficient (Wildman–Crippen LogP) is 3.07. The third-order valence-corrected chi connectivity index (χ3v) is 3.50. The zero-order chi connectivity index (χ0) is 11.2. The van der Waals surface area contributed by atoms with Gasteiger partial charge in [0.15, 0.2) is 5.78 Å². The topological polar surface area (TPSA) is 34.9 Å². The van der Waals surface area contributed by atoms with Gasteiger partial charge < -0.3 is 0 Å². The lowest BCUT2D eigenvalue weighted by Gasteiger charge is -2.10. The van der Waals surface area contributed by atoms with Crippen molar-refractivity contribution in [3.05, 3.63) is 16.4 Å². The van der Waals surface area contributed by atoms with Gasteiger partial charge in [0.05, 0.1) is 10.7 Å². The van der Waals surface area contributed by atoms with Gasteiger partial charge in [0.2, 0.25) is 0 Å². The second kappa shape index (κ2) is 3.74. The monoisotopic (exact) mass is 270 g/mol. The van der Waals surface area contributed by atoms with Gasteiger partial charge in [-0.15, -0.1) is 0 Å². The van der Waals surface area contributed by atoms with Crippen molar-refractivity contribution in [3.63, 3.8) is 0 Å². The fraction of sp³-hybridized carbons (Fsp3) is 0.636. The van der Waals surface area contributed by atoms with Crippen molar-refractivity contribution in [1.82, 2.24) is 9.78 Å². The standard InChI is InChI=1S/C11H15BrN2O/c1-6(2)14-10(9(12)5-13-14)11(15)8-4-7(8)3/h5-8H,4H2,1-3H3. The van der Waals surface area contributed by atoms with Gasteiger partial charge in [-0.3, -0.25) is 9.48 Å². The molecule has 0 spiro atoms. The van der Waals surface area contributed by atoms with Crippen molar-refractivity contribution < 1.29 is 4.79 Å². The first-order chi connectivity index (χ1) is 7.02. The van der Waals surface area contributed by atoms with Gasteiger partial charge in [-0.05, 0) is 42.1 Å². The maximum absolute atomic E-state index is 12.1. The molecule has 1 heterocycles. The second-order valence-corrected chi connectivity index (χ2v) is 5.42. The van der Waals surface area contributed by atoms with Crippen LogP contribution in [0, 0.1) is 11.8 Å². The fourth-order valence-electron chi connectivity index (χ4n) is 1.83. The molecule has 2 atom stereocenters. The molecule has 0 aliphatic heterocycles. The van der Waals surface area contributed by atoms with Crippen LogP contribution in [0.25, 0.3) is 0 Å². The van der Waals surface area contributed by atoms with Crippen molar-refractivity contribution in [2.24, 2.45) is 11.8 Å². The lowest BCUT2D eigenvalue weighted by atomic mass is 10.1. The summed E-state index contributed by atoms with van der Waals surface area (Å²) < 4.78 is 2.62. The molecular formula is C11H15BrN2O. The average molecular weight is 271 g/mol. The molecule has 0 aromatic carbocycles. The van der Waals surface area contributed by atoms with Crippen molar-refractivity contribution in [2.75, 3.05) is 0 Å². The van der Waals surface area contributed by atoms with Crippen LogP contribution in [0.15, 0.2) is 10.7 Å². The smallest absolute Gasteiger partial charge is 0.185 e. The molecule has 1 fully saturated rings. The summed E-state index contributed by atoms with van der Waals surface area (Å²) in [6.07, 6.45) is 2.73. The van der Waals surface area contributed by atoms with Gasteiger partial charge in [-0.25, -0.2) is 0 Å². The lowest BCUT2D eigenvalue weighted by molar-refractivity contribution is 0.0949.